The molecule has 1 aromatic heterocycles. The Bertz CT molecular complexity index is 342. The molecule has 1 aliphatic rings. The van der Waals surface area contributed by atoms with Crippen molar-refractivity contribution in [3.63, 3.8) is 0 Å². The zero-order valence-corrected chi connectivity index (χ0v) is 10.3. The van der Waals surface area contributed by atoms with Gasteiger partial charge in [-0.1, -0.05) is 6.92 Å². The Morgan fingerprint density at radius 2 is 2.25 bits per heavy atom. The van der Waals surface area contributed by atoms with Gasteiger partial charge >= 0.3 is 0 Å². The number of rotatable bonds is 6. The Morgan fingerprint density at radius 3 is 2.75 bits per heavy atom. The van der Waals surface area contributed by atoms with Gasteiger partial charge in [-0.3, -0.25) is 4.90 Å². The van der Waals surface area contributed by atoms with Crippen LogP contribution < -0.4 is 5.73 Å². The van der Waals surface area contributed by atoms with Gasteiger partial charge in [-0.05, 0) is 38.3 Å². The summed E-state index contributed by atoms with van der Waals surface area (Å²) in [6.45, 7) is 8.01. The third-order valence-corrected chi connectivity index (χ3v) is 3.33. The van der Waals surface area contributed by atoms with E-state index in [9.17, 15) is 0 Å². The first kappa shape index (κ1) is 11.7. The molecule has 90 valence electrons. The van der Waals surface area contributed by atoms with Gasteiger partial charge in [0.15, 0.2) is 0 Å². The van der Waals surface area contributed by atoms with Crippen LogP contribution in [0.25, 0.3) is 0 Å². The minimum atomic E-state index is 0.573. The molecule has 0 saturated heterocycles. The molecule has 1 fully saturated rings. The molecule has 0 radical (unpaired) electrons. The van der Waals surface area contributed by atoms with Crippen LogP contribution in [0, 0.1) is 12.8 Å². The van der Waals surface area contributed by atoms with E-state index in [1.807, 2.05) is 6.92 Å². The van der Waals surface area contributed by atoms with Gasteiger partial charge in [0.1, 0.15) is 11.5 Å². The van der Waals surface area contributed by atoms with Crippen LogP contribution in [-0.4, -0.2) is 18.0 Å². The maximum atomic E-state index is 5.72. The molecule has 3 nitrogen and oxygen atoms in total. The first-order valence-electron chi connectivity index (χ1n) is 6.23. The van der Waals surface area contributed by atoms with E-state index in [4.69, 9.17) is 10.2 Å². The third-order valence-electron chi connectivity index (χ3n) is 3.33. The number of hydrogen-bond acceptors (Lipinski definition) is 3. The molecule has 0 bridgehead atoms. The van der Waals surface area contributed by atoms with E-state index in [0.717, 1.165) is 36.1 Å². The fourth-order valence-corrected chi connectivity index (χ4v) is 2.06. The lowest BCUT2D eigenvalue weighted by molar-refractivity contribution is 0.244. The molecule has 16 heavy (non-hydrogen) atoms. The number of aryl methyl sites for hydroxylation is 1. The second-order valence-electron chi connectivity index (χ2n) is 4.77. The lowest BCUT2D eigenvalue weighted by Gasteiger charge is -2.18. The predicted molar refractivity (Wildman–Crippen MR) is 65.0 cm³/mol. The summed E-state index contributed by atoms with van der Waals surface area (Å²) >= 11 is 0. The molecule has 1 aliphatic carbocycles. The molecular weight excluding hydrogens is 200 g/mol. The first-order valence-corrected chi connectivity index (χ1v) is 6.23. The van der Waals surface area contributed by atoms with Crippen molar-refractivity contribution in [2.75, 3.05) is 13.1 Å². The maximum absolute atomic E-state index is 5.72. The number of nitrogens with zero attached hydrogens (tertiary/aromatic N) is 1. The SMILES string of the molecule is CCN(Cc1cc(CN)c(C)o1)CC1CC1. The largest absolute Gasteiger partial charge is 0.465 e. The van der Waals surface area contributed by atoms with Crippen LogP contribution in [0.5, 0.6) is 0 Å². The average Bonchev–Trinajstić information content (AvgIpc) is 3.01. The fraction of sp³-hybridized carbons (Fsp3) is 0.692. The summed E-state index contributed by atoms with van der Waals surface area (Å²) in [5.41, 5.74) is 6.78. The highest BCUT2D eigenvalue weighted by Gasteiger charge is 2.24. The Balaban J connectivity index is 1.94. The van der Waals surface area contributed by atoms with Crippen molar-refractivity contribution < 1.29 is 4.42 Å². The van der Waals surface area contributed by atoms with Crippen LogP contribution in [-0.2, 0) is 13.1 Å². The van der Waals surface area contributed by atoms with Crippen molar-refractivity contribution in [2.45, 2.75) is 39.8 Å². The Labute approximate surface area is 97.6 Å². The number of furan rings is 1. The molecule has 2 N–H and O–H groups in total. The van der Waals surface area contributed by atoms with E-state index in [2.05, 4.69) is 17.9 Å². The molecule has 1 aromatic rings. The highest BCUT2D eigenvalue weighted by molar-refractivity contribution is 5.20. The molecule has 0 spiro atoms. The van der Waals surface area contributed by atoms with Gasteiger partial charge < -0.3 is 10.2 Å². The lowest BCUT2D eigenvalue weighted by Crippen LogP contribution is -2.24. The van der Waals surface area contributed by atoms with Gasteiger partial charge in [-0.2, -0.15) is 0 Å². The second kappa shape index (κ2) is 5.02. The van der Waals surface area contributed by atoms with Crippen LogP contribution in [0.3, 0.4) is 0 Å². The first-order chi connectivity index (χ1) is 7.72. The summed E-state index contributed by atoms with van der Waals surface area (Å²) < 4.78 is 5.72. The van der Waals surface area contributed by atoms with Crippen molar-refractivity contribution in [1.29, 1.82) is 0 Å². The molecule has 1 heterocycles. The number of nitrogens with two attached hydrogens (primary N) is 1. The molecule has 3 heteroatoms. The van der Waals surface area contributed by atoms with Crippen molar-refractivity contribution in [1.82, 2.24) is 4.90 Å². The minimum Gasteiger partial charge on any atom is -0.465 e. The fourth-order valence-electron chi connectivity index (χ4n) is 2.06. The molecule has 2 rings (SSSR count). The average molecular weight is 222 g/mol. The Kier molecular flexibility index (Phi) is 3.66. The summed E-state index contributed by atoms with van der Waals surface area (Å²) in [6.07, 6.45) is 2.81. The molecule has 0 unspecified atom stereocenters. The van der Waals surface area contributed by atoms with E-state index in [1.165, 1.54) is 19.4 Å². The summed E-state index contributed by atoms with van der Waals surface area (Å²) in [5, 5.41) is 0. The van der Waals surface area contributed by atoms with E-state index in [-0.39, 0.29) is 0 Å². The highest BCUT2D eigenvalue weighted by atomic mass is 16.3. The van der Waals surface area contributed by atoms with E-state index in [1.54, 1.807) is 0 Å². The van der Waals surface area contributed by atoms with Crippen LogP contribution in [0.2, 0.25) is 0 Å². The standard InChI is InChI=1S/C13H22N2O/c1-3-15(8-11-4-5-11)9-13-6-12(7-14)10(2)16-13/h6,11H,3-5,7-9,14H2,1-2H3. The van der Waals surface area contributed by atoms with Gasteiger partial charge in [0, 0.05) is 18.7 Å². The monoisotopic (exact) mass is 222 g/mol. The molecule has 0 amide bonds. The summed E-state index contributed by atoms with van der Waals surface area (Å²) in [4.78, 5) is 2.45. The molecule has 1 saturated carbocycles. The smallest absolute Gasteiger partial charge is 0.118 e. The molecule has 0 atom stereocenters. The van der Waals surface area contributed by atoms with E-state index in [0.29, 0.717) is 6.54 Å². The third kappa shape index (κ3) is 2.86. The van der Waals surface area contributed by atoms with Gasteiger partial charge in [-0.25, -0.2) is 0 Å². The second-order valence-corrected chi connectivity index (χ2v) is 4.77. The van der Waals surface area contributed by atoms with Crippen LogP contribution >= 0.6 is 0 Å². The Morgan fingerprint density at radius 1 is 1.50 bits per heavy atom. The predicted octanol–water partition coefficient (Wildman–Crippen LogP) is 2.28. The minimum absolute atomic E-state index is 0.573. The van der Waals surface area contributed by atoms with Crippen molar-refractivity contribution in [3.8, 4) is 0 Å². The summed E-state index contributed by atoms with van der Waals surface area (Å²) in [5.74, 6) is 2.96. The zero-order chi connectivity index (χ0) is 11.5. The topological polar surface area (TPSA) is 42.4 Å². The van der Waals surface area contributed by atoms with E-state index >= 15 is 0 Å². The number of hydrogen-bond donors (Lipinski definition) is 1. The van der Waals surface area contributed by atoms with Gasteiger partial charge in [0.05, 0.1) is 6.54 Å². The van der Waals surface area contributed by atoms with Gasteiger partial charge in [0.25, 0.3) is 0 Å². The van der Waals surface area contributed by atoms with Gasteiger partial charge in [-0.15, -0.1) is 0 Å². The maximum Gasteiger partial charge on any atom is 0.118 e. The summed E-state index contributed by atoms with van der Waals surface area (Å²) in [7, 11) is 0. The normalized spacial score (nSPS) is 16.0. The van der Waals surface area contributed by atoms with Crippen LogP contribution in [0.1, 0.15) is 36.8 Å². The molecular formula is C13H22N2O. The van der Waals surface area contributed by atoms with E-state index < -0.39 is 0 Å². The zero-order valence-electron chi connectivity index (χ0n) is 10.3. The highest BCUT2D eigenvalue weighted by Crippen LogP contribution is 2.30. The van der Waals surface area contributed by atoms with Crippen LogP contribution in [0.4, 0.5) is 0 Å². The quantitative estimate of drug-likeness (QED) is 0.803. The summed E-state index contributed by atoms with van der Waals surface area (Å²) in [6, 6.07) is 2.10. The van der Waals surface area contributed by atoms with Crippen molar-refractivity contribution >= 4 is 0 Å². The van der Waals surface area contributed by atoms with Crippen molar-refractivity contribution in [2.24, 2.45) is 11.7 Å². The van der Waals surface area contributed by atoms with Crippen molar-refractivity contribution in [3.05, 3.63) is 23.2 Å². The van der Waals surface area contributed by atoms with Crippen LogP contribution in [0.15, 0.2) is 10.5 Å². The molecule has 0 aromatic carbocycles. The Hall–Kier alpha value is -0.800. The molecule has 0 aliphatic heterocycles. The lowest BCUT2D eigenvalue weighted by atomic mass is 10.2. The van der Waals surface area contributed by atoms with Gasteiger partial charge in [0.2, 0.25) is 0 Å².